The van der Waals surface area contributed by atoms with Crippen LogP contribution in [0.2, 0.25) is 0 Å². The minimum atomic E-state index is -3.69. The smallest absolute Gasteiger partial charge is 0.303 e. The van der Waals surface area contributed by atoms with Gasteiger partial charge in [0.1, 0.15) is 11.7 Å². The van der Waals surface area contributed by atoms with Crippen molar-refractivity contribution >= 4 is 16.0 Å². The average Bonchev–Trinajstić information content (AvgIpc) is 3.24. The molecule has 2 aliphatic heterocycles. The third-order valence-electron chi connectivity index (χ3n) is 9.36. The van der Waals surface area contributed by atoms with E-state index in [4.69, 9.17) is 14.2 Å². The number of aryl methyl sites for hydroxylation is 1. The van der Waals surface area contributed by atoms with Gasteiger partial charge in [0.05, 0.1) is 30.4 Å². The van der Waals surface area contributed by atoms with E-state index in [1.165, 1.54) is 6.92 Å². The van der Waals surface area contributed by atoms with Crippen molar-refractivity contribution in [1.29, 1.82) is 0 Å². The van der Waals surface area contributed by atoms with Crippen molar-refractivity contribution in [3.05, 3.63) is 71.3 Å². The van der Waals surface area contributed by atoms with Gasteiger partial charge in [-0.1, -0.05) is 36.4 Å². The third-order valence-corrected chi connectivity index (χ3v) is 10.7. The summed E-state index contributed by atoms with van der Waals surface area (Å²) in [7, 11) is -2.08. The lowest BCUT2D eigenvalue weighted by Crippen LogP contribution is -2.79. The van der Waals surface area contributed by atoms with Crippen LogP contribution in [0.25, 0.3) is 0 Å². The van der Waals surface area contributed by atoms with Gasteiger partial charge in [0, 0.05) is 25.6 Å². The Kier molecular flexibility index (Phi) is 6.32. The van der Waals surface area contributed by atoms with Crippen molar-refractivity contribution in [3.8, 4) is 11.5 Å². The Morgan fingerprint density at radius 2 is 2.05 bits per heavy atom. The summed E-state index contributed by atoms with van der Waals surface area (Å²) >= 11 is 0. The second-order valence-corrected chi connectivity index (χ2v) is 13.1. The van der Waals surface area contributed by atoms with Crippen molar-refractivity contribution in [2.24, 2.45) is 0 Å². The first-order valence-electron chi connectivity index (χ1n) is 13.6. The quantitative estimate of drug-likeness (QED) is 0.396. The molecule has 2 fully saturated rings. The molecule has 0 aromatic heterocycles. The molecule has 1 N–H and O–H groups in total. The maximum Gasteiger partial charge on any atom is 0.303 e. The molecule has 0 radical (unpaired) electrons. The number of carbonyl (C=O) groups excluding carboxylic acids is 1. The molecule has 2 aliphatic carbocycles. The number of sulfonamides is 1. The summed E-state index contributed by atoms with van der Waals surface area (Å²) in [6.45, 7) is 8.79. The van der Waals surface area contributed by atoms with Gasteiger partial charge in [-0.3, -0.25) is 9.69 Å². The Labute approximate surface area is 230 Å². The maximum atomic E-state index is 13.5. The number of hydrogen-bond acceptors (Lipinski definition) is 7. The monoisotopic (exact) mass is 552 g/mol. The molecule has 5 atom stereocenters. The average molecular weight is 553 g/mol. The van der Waals surface area contributed by atoms with Gasteiger partial charge in [0.2, 0.25) is 10.0 Å². The summed E-state index contributed by atoms with van der Waals surface area (Å²) in [5, 5.41) is 0. The van der Waals surface area contributed by atoms with Crippen LogP contribution in [0, 0.1) is 6.92 Å². The molecule has 208 valence electrons. The van der Waals surface area contributed by atoms with E-state index in [-0.39, 0.29) is 17.8 Å². The number of rotatable bonds is 8. The molecule has 2 aromatic carbocycles. The van der Waals surface area contributed by atoms with Crippen molar-refractivity contribution in [2.45, 2.75) is 74.5 Å². The fourth-order valence-electron chi connectivity index (χ4n) is 7.97. The van der Waals surface area contributed by atoms with Crippen molar-refractivity contribution in [1.82, 2.24) is 9.62 Å². The van der Waals surface area contributed by atoms with E-state index in [0.717, 1.165) is 28.8 Å². The number of benzene rings is 2. The van der Waals surface area contributed by atoms with Gasteiger partial charge in [-0.25, -0.2) is 13.1 Å². The largest absolute Gasteiger partial charge is 0.493 e. The van der Waals surface area contributed by atoms with Gasteiger partial charge in [-0.2, -0.15) is 0 Å². The fraction of sp³-hybridized carbons (Fsp3) is 0.500. The summed E-state index contributed by atoms with van der Waals surface area (Å²) in [6.07, 6.45) is 3.72. The maximum absolute atomic E-state index is 13.5. The van der Waals surface area contributed by atoms with Crippen LogP contribution in [0.3, 0.4) is 0 Å². The number of nitrogens with one attached hydrogen (secondary N) is 1. The van der Waals surface area contributed by atoms with E-state index in [2.05, 4.69) is 22.3 Å². The zero-order valence-electron chi connectivity index (χ0n) is 22.7. The lowest BCUT2D eigenvalue weighted by molar-refractivity contribution is -0.217. The molecule has 8 nitrogen and oxygen atoms in total. The molecule has 2 bridgehead atoms. The zero-order chi connectivity index (χ0) is 27.6. The standard InChI is InChI=1S/C30H36N2O6S/c1-5-15-32-16-14-29-26-21-10-11-24(36-4)27(26)37-28(29)23(12-13-30(29,25(32)17-21)38-20(3)33)31-39(34,35)18-22-9-7-6-8-19(22)2/h5-11,23,25,28,31H,1,12-18H2,2-4H3/t23-,25+,28-,29-,30+/m0/s1. The first-order valence-corrected chi connectivity index (χ1v) is 15.3. The van der Waals surface area contributed by atoms with Gasteiger partial charge >= 0.3 is 5.97 Å². The Balaban J connectivity index is 1.47. The second-order valence-electron chi connectivity index (χ2n) is 11.3. The van der Waals surface area contributed by atoms with Gasteiger partial charge in [-0.05, 0) is 55.4 Å². The van der Waals surface area contributed by atoms with Gasteiger partial charge in [0.25, 0.3) is 0 Å². The Hall–Kier alpha value is -2.88. The first kappa shape index (κ1) is 26.3. The SMILES string of the molecule is C=CCN1CC[C@]23c4c5ccc(OC)c4O[C@H]2[C@@H](NS(=O)(=O)Cc2ccccc2C)CC[C@@]3(OC(C)=O)[C@H]1C5. The molecule has 9 heteroatoms. The molecule has 4 aliphatic rings. The molecule has 39 heavy (non-hydrogen) atoms. The van der Waals surface area contributed by atoms with E-state index in [9.17, 15) is 13.2 Å². The minimum Gasteiger partial charge on any atom is -0.493 e. The summed E-state index contributed by atoms with van der Waals surface area (Å²) in [4.78, 5) is 15.1. The predicted molar refractivity (Wildman–Crippen MR) is 147 cm³/mol. The van der Waals surface area contributed by atoms with E-state index in [1.54, 1.807) is 7.11 Å². The highest BCUT2D eigenvalue weighted by molar-refractivity contribution is 7.88. The lowest BCUT2D eigenvalue weighted by atomic mass is 9.48. The fourth-order valence-corrected chi connectivity index (χ4v) is 9.49. The molecular formula is C30H36N2O6S. The van der Waals surface area contributed by atoms with E-state index in [1.807, 2.05) is 43.3 Å². The Morgan fingerprint density at radius 3 is 2.77 bits per heavy atom. The van der Waals surface area contributed by atoms with Crippen molar-refractivity contribution in [3.63, 3.8) is 0 Å². The van der Waals surface area contributed by atoms with E-state index >= 15 is 0 Å². The summed E-state index contributed by atoms with van der Waals surface area (Å²) in [6, 6.07) is 11.0. The van der Waals surface area contributed by atoms with Crippen LogP contribution < -0.4 is 14.2 Å². The van der Waals surface area contributed by atoms with Gasteiger partial charge < -0.3 is 14.2 Å². The van der Waals surface area contributed by atoms with Crippen LogP contribution in [-0.2, 0) is 37.1 Å². The second kappa shape index (κ2) is 9.35. The number of methoxy groups -OCH3 is 1. The molecule has 1 spiro atoms. The molecule has 1 saturated carbocycles. The molecule has 2 aromatic rings. The van der Waals surface area contributed by atoms with Gasteiger partial charge in [0.15, 0.2) is 11.5 Å². The number of likely N-dealkylation sites (tertiary alicyclic amines) is 1. The summed E-state index contributed by atoms with van der Waals surface area (Å²) in [5.74, 6) is 0.819. The number of carbonyl (C=O) groups is 1. The Morgan fingerprint density at radius 1 is 1.26 bits per heavy atom. The summed E-state index contributed by atoms with van der Waals surface area (Å²) < 4.78 is 49.0. The van der Waals surface area contributed by atoms with Crippen LogP contribution in [0.5, 0.6) is 11.5 Å². The normalized spacial score (nSPS) is 30.7. The van der Waals surface area contributed by atoms with E-state index in [0.29, 0.717) is 43.7 Å². The number of esters is 1. The molecule has 0 amide bonds. The van der Waals surface area contributed by atoms with Crippen molar-refractivity contribution < 1.29 is 27.4 Å². The molecule has 2 heterocycles. The number of hydrogen-bond donors (Lipinski definition) is 1. The first-order chi connectivity index (χ1) is 18.7. The zero-order valence-corrected chi connectivity index (χ0v) is 23.6. The highest BCUT2D eigenvalue weighted by Crippen LogP contribution is 2.66. The number of ether oxygens (including phenoxy) is 3. The third kappa shape index (κ3) is 3.84. The lowest BCUT2D eigenvalue weighted by Gasteiger charge is -2.65. The predicted octanol–water partition coefficient (Wildman–Crippen LogP) is 3.40. The molecule has 1 saturated heterocycles. The molecule has 0 unspecified atom stereocenters. The van der Waals surface area contributed by atoms with Crippen LogP contribution in [0.1, 0.15) is 48.4 Å². The van der Waals surface area contributed by atoms with Crippen LogP contribution in [0.4, 0.5) is 0 Å². The van der Waals surface area contributed by atoms with Crippen molar-refractivity contribution in [2.75, 3.05) is 20.2 Å². The van der Waals surface area contributed by atoms with Gasteiger partial charge in [-0.15, -0.1) is 6.58 Å². The minimum absolute atomic E-state index is 0.0735. The molecule has 6 rings (SSSR count). The van der Waals surface area contributed by atoms with Crippen LogP contribution in [-0.4, -0.2) is 63.3 Å². The number of nitrogens with zero attached hydrogens (tertiary/aromatic N) is 1. The topological polar surface area (TPSA) is 94.2 Å². The highest BCUT2D eigenvalue weighted by atomic mass is 32.2. The number of piperidine rings is 1. The summed E-state index contributed by atoms with van der Waals surface area (Å²) in [5.41, 5.74) is 2.30. The van der Waals surface area contributed by atoms with E-state index < -0.39 is 33.2 Å². The van der Waals surface area contributed by atoms with Crippen LogP contribution in [0.15, 0.2) is 49.1 Å². The van der Waals surface area contributed by atoms with Crippen LogP contribution >= 0.6 is 0 Å². The molecular weight excluding hydrogens is 516 g/mol. The highest BCUT2D eigenvalue weighted by Gasteiger charge is 2.75. The Bertz CT molecular complexity index is 1440.